The predicted octanol–water partition coefficient (Wildman–Crippen LogP) is 2.17. The van der Waals surface area contributed by atoms with Crippen LogP contribution in [0.25, 0.3) is 0 Å². The minimum atomic E-state index is 0.0368. The predicted molar refractivity (Wildman–Crippen MR) is 65.5 cm³/mol. The van der Waals surface area contributed by atoms with Crippen molar-refractivity contribution in [2.75, 3.05) is 19.6 Å². The second-order valence-electron chi connectivity index (χ2n) is 4.90. The zero-order chi connectivity index (χ0) is 10.6. The monoisotopic (exact) mass is 214 g/mol. The average Bonchev–Trinajstić information content (AvgIpc) is 2.56. The fourth-order valence-corrected chi connectivity index (χ4v) is 1.98. The molecule has 1 heterocycles. The summed E-state index contributed by atoms with van der Waals surface area (Å²) in [5.74, 6) is 0. The molecule has 0 amide bonds. The molecule has 0 aromatic carbocycles. The molecule has 0 bridgehead atoms. The molecule has 2 nitrogen and oxygen atoms in total. The summed E-state index contributed by atoms with van der Waals surface area (Å²) in [7, 11) is 0. The number of rotatable bonds is 5. The third-order valence-electron chi connectivity index (χ3n) is 3.14. The van der Waals surface area contributed by atoms with Crippen molar-refractivity contribution in [1.82, 2.24) is 4.90 Å². The van der Waals surface area contributed by atoms with Crippen LogP contribution in [0.1, 0.15) is 39.5 Å². The Morgan fingerprint density at radius 2 is 1.93 bits per heavy atom. The van der Waals surface area contributed by atoms with Crippen molar-refractivity contribution in [3.8, 4) is 0 Å². The first-order valence-electron chi connectivity index (χ1n) is 5.55. The lowest BCUT2D eigenvalue weighted by Crippen LogP contribution is -2.31. The van der Waals surface area contributed by atoms with E-state index in [1.54, 1.807) is 0 Å². The molecule has 0 radical (unpaired) electrons. The molecule has 3 heteroatoms. The summed E-state index contributed by atoms with van der Waals surface area (Å²) in [6.45, 7) is 8.06. The smallest absolute Gasteiger partial charge is 0.0784 e. The number of nitrogens with two attached hydrogens (primary N) is 1. The molecule has 14 heavy (non-hydrogen) atoms. The van der Waals surface area contributed by atoms with Crippen LogP contribution in [0.15, 0.2) is 0 Å². The van der Waals surface area contributed by atoms with Gasteiger partial charge < -0.3 is 10.6 Å². The second kappa shape index (κ2) is 5.08. The Bertz CT molecular complexity index is 195. The SMILES string of the molecule is CC(C)(CCCN1CCCC1)C(N)=S. The molecule has 0 saturated carbocycles. The van der Waals surface area contributed by atoms with E-state index in [-0.39, 0.29) is 5.41 Å². The zero-order valence-corrected chi connectivity index (χ0v) is 10.2. The third kappa shape index (κ3) is 3.54. The maximum Gasteiger partial charge on any atom is 0.0784 e. The quantitative estimate of drug-likeness (QED) is 0.711. The fourth-order valence-electron chi connectivity index (χ4n) is 1.87. The van der Waals surface area contributed by atoms with Gasteiger partial charge >= 0.3 is 0 Å². The fraction of sp³-hybridized carbons (Fsp3) is 0.909. The molecule has 1 fully saturated rings. The molecule has 0 unspecified atom stereocenters. The Morgan fingerprint density at radius 1 is 1.36 bits per heavy atom. The maximum atomic E-state index is 5.68. The zero-order valence-electron chi connectivity index (χ0n) is 9.38. The van der Waals surface area contributed by atoms with Gasteiger partial charge in [-0.3, -0.25) is 0 Å². The van der Waals surface area contributed by atoms with Gasteiger partial charge in [0.2, 0.25) is 0 Å². The summed E-state index contributed by atoms with van der Waals surface area (Å²) in [5, 5.41) is 0. The van der Waals surface area contributed by atoms with E-state index in [2.05, 4.69) is 18.7 Å². The van der Waals surface area contributed by atoms with Crippen molar-refractivity contribution in [3.05, 3.63) is 0 Å². The van der Waals surface area contributed by atoms with Crippen molar-refractivity contribution in [3.63, 3.8) is 0 Å². The molecule has 1 aliphatic rings. The van der Waals surface area contributed by atoms with Gasteiger partial charge in [-0.2, -0.15) is 0 Å². The highest BCUT2D eigenvalue weighted by atomic mass is 32.1. The van der Waals surface area contributed by atoms with Crippen LogP contribution in [-0.2, 0) is 0 Å². The minimum absolute atomic E-state index is 0.0368. The number of hydrogen-bond acceptors (Lipinski definition) is 2. The number of nitrogens with zero attached hydrogens (tertiary/aromatic N) is 1. The number of likely N-dealkylation sites (tertiary alicyclic amines) is 1. The molecule has 0 atom stereocenters. The van der Waals surface area contributed by atoms with Gasteiger partial charge in [-0.05, 0) is 45.3 Å². The van der Waals surface area contributed by atoms with Gasteiger partial charge in [0.25, 0.3) is 0 Å². The summed E-state index contributed by atoms with van der Waals surface area (Å²) in [4.78, 5) is 3.19. The number of thiocarbonyl (C=S) groups is 1. The molecular formula is C11H22N2S. The molecule has 1 aliphatic heterocycles. The molecule has 0 aliphatic carbocycles. The van der Waals surface area contributed by atoms with Crippen molar-refractivity contribution in [2.45, 2.75) is 39.5 Å². The minimum Gasteiger partial charge on any atom is -0.393 e. The van der Waals surface area contributed by atoms with Gasteiger partial charge in [0.1, 0.15) is 0 Å². The molecule has 0 spiro atoms. The highest BCUT2D eigenvalue weighted by molar-refractivity contribution is 7.80. The highest BCUT2D eigenvalue weighted by Crippen LogP contribution is 2.23. The standard InChI is InChI=1S/C11H22N2S/c1-11(2,10(12)14)6-5-9-13-7-3-4-8-13/h3-9H2,1-2H3,(H2,12,14). The van der Waals surface area contributed by atoms with Gasteiger partial charge in [0, 0.05) is 5.41 Å². The molecule has 2 N–H and O–H groups in total. The van der Waals surface area contributed by atoms with E-state index in [1.165, 1.54) is 38.9 Å². The van der Waals surface area contributed by atoms with Crippen LogP contribution in [0.3, 0.4) is 0 Å². The third-order valence-corrected chi connectivity index (χ3v) is 3.69. The molecule has 82 valence electrons. The van der Waals surface area contributed by atoms with Gasteiger partial charge in [0.15, 0.2) is 0 Å². The van der Waals surface area contributed by atoms with E-state index in [1.807, 2.05) is 0 Å². The van der Waals surface area contributed by atoms with Crippen LogP contribution in [0, 0.1) is 5.41 Å². The summed E-state index contributed by atoms with van der Waals surface area (Å²) in [6, 6.07) is 0. The lowest BCUT2D eigenvalue weighted by atomic mass is 9.88. The van der Waals surface area contributed by atoms with Crippen molar-refractivity contribution in [1.29, 1.82) is 0 Å². The van der Waals surface area contributed by atoms with Crippen LogP contribution in [-0.4, -0.2) is 29.5 Å². The van der Waals surface area contributed by atoms with E-state index in [0.29, 0.717) is 4.99 Å². The van der Waals surface area contributed by atoms with E-state index < -0.39 is 0 Å². The highest BCUT2D eigenvalue weighted by Gasteiger charge is 2.21. The van der Waals surface area contributed by atoms with E-state index in [9.17, 15) is 0 Å². The van der Waals surface area contributed by atoms with Crippen LogP contribution >= 0.6 is 12.2 Å². The normalized spacial score (nSPS) is 18.7. The Balaban J connectivity index is 2.16. The largest absolute Gasteiger partial charge is 0.393 e. The average molecular weight is 214 g/mol. The van der Waals surface area contributed by atoms with Crippen molar-refractivity contribution in [2.24, 2.45) is 11.1 Å². The Kier molecular flexibility index (Phi) is 4.32. The Labute approximate surface area is 92.8 Å². The summed E-state index contributed by atoms with van der Waals surface area (Å²) in [5.41, 5.74) is 5.72. The molecule has 1 rings (SSSR count). The molecule has 1 saturated heterocycles. The van der Waals surface area contributed by atoms with E-state index in [4.69, 9.17) is 18.0 Å². The van der Waals surface area contributed by atoms with Crippen molar-refractivity contribution < 1.29 is 0 Å². The van der Waals surface area contributed by atoms with E-state index in [0.717, 1.165) is 6.42 Å². The first-order chi connectivity index (χ1) is 6.52. The van der Waals surface area contributed by atoms with Gasteiger partial charge in [-0.1, -0.05) is 26.1 Å². The molecular weight excluding hydrogens is 192 g/mol. The maximum absolute atomic E-state index is 5.68. The van der Waals surface area contributed by atoms with Crippen molar-refractivity contribution >= 4 is 17.2 Å². The lowest BCUT2D eigenvalue weighted by Gasteiger charge is -2.24. The van der Waals surface area contributed by atoms with Gasteiger partial charge in [-0.15, -0.1) is 0 Å². The molecule has 0 aromatic heterocycles. The summed E-state index contributed by atoms with van der Waals surface area (Å²) in [6.07, 6.45) is 5.07. The van der Waals surface area contributed by atoms with Crippen LogP contribution < -0.4 is 5.73 Å². The van der Waals surface area contributed by atoms with Gasteiger partial charge in [-0.25, -0.2) is 0 Å². The van der Waals surface area contributed by atoms with Crippen LogP contribution in [0.5, 0.6) is 0 Å². The Morgan fingerprint density at radius 3 is 2.43 bits per heavy atom. The topological polar surface area (TPSA) is 29.3 Å². The first-order valence-corrected chi connectivity index (χ1v) is 5.95. The summed E-state index contributed by atoms with van der Waals surface area (Å²) < 4.78 is 0. The van der Waals surface area contributed by atoms with Crippen LogP contribution in [0.2, 0.25) is 0 Å². The number of hydrogen-bond donors (Lipinski definition) is 1. The van der Waals surface area contributed by atoms with E-state index >= 15 is 0 Å². The second-order valence-corrected chi connectivity index (χ2v) is 5.34. The Hall–Kier alpha value is -0.150. The first kappa shape index (κ1) is 11.9. The lowest BCUT2D eigenvalue weighted by molar-refractivity contribution is 0.311. The van der Waals surface area contributed by atoms with Gasteiger partial charge in [0.05, 0.1) is 4.99 Å². The summed E-state index contributed by atoms with van der Waals surface area (Å²) >= 11 is 5.04. The molecule has 0 aromatic rings. The van der Waals surface area contributed by atoms with Crippen LogP contribution in [0.4, 0.5) is 0 Å².